The number of nitrogens with one attached hydrogen (secondary N) is 2. The minimum Gasteiger partial charge on any atom is -0.442 e. The summed E-state index contributed by atoms with van der Waals surface area (Å²) < 4.78 is 10.9. The van der Waals surface area contributed by atoms with E-state index in [1.165, 1.54) is 6.33 Å². The third kappa shape index (κ3) is 2.62. The molecule has 0 bridgehead atoms. The van der Waals surface area contributed by atoms with Crippen LogP contribution in [0.25, 0.3) is 11.1 Å². The molecular formula is C17H22N4O3. The van der Waals surface area contributed by atoms with E-state index >= 15 is 0 Å². The van der Waals surface area contributed by atoms with Gasteiger partial charge in [0.25, 0.3) is 5.91 Å². The Hall–Kier alpha value is -2.15. The lowest BCUT2D eigenvalue weighted by molar-refractivity contribution is -0.0978. The van der Waals surface area contributed by atoms with Gasteiger partial charge in [0.2, 0.25) is 5.71 Å². The minimum atomic E-state index is -0.154. The van der Waals surface area contributed by atoms with Crippen molar-refractivity contribution in [1.82, 2.24) is 15.3 Å². The topological polar surface area (TPSA) is 89.3 Å². The summed E-state index contributed by atoms with van der Waals surface area (Å²) >= 11 is 0. The van der Waals surface area contributed by atoms with Crippen molar-refractivity contribution in [2.24, 2.45) is 5.41 Å². The molecule has 0 unspecified atom stereocenters. The molecule has 24 heavy (non-hydrogen) atoms. The second-order valence-electron chi connectivity index (χ2n) is 7.61. The molecule has 128 valence electrons. The van der Waals surface area contributed by atoms with Gasteiger partial charge in [-0.3, -0.25) is 4.79 Å². The van der Waals surface area contributed by atoms with Crippen LogP contribution in [0.3, 0.4) is 0 Å². The fourth-order valence-electron chi connectivity index (χ4n) is 2.95. The fraction of sp³-hybridized carbons (Fsp3) is 0.588. The highest BCUT2D eigenvalue weighted by Crippen LogP contribution is 2.40. The van der Waals surface area contributed by atoms with E-state index in [4.69, 9.17) is 9.15 Å². The van der Waals surface area contributed by atoms with E-state index in [2.05, 4.69) is 34.4 Å². The number of carbonyl (C=O) groups is 1. The first-order valence-electron chi connectivity index (χ1n) is 8.27. The highest BCUT2D eigenvalue weighted by Gasteiger charge is 2.39. The van der Waals surface area contributed by atoms with Gasteiger partial charge in [0.05, 0.1) is 24.2 Å². The molecule has 3 heterocycles. The Labute approximate surface area is 140 Å². The van der Waals surface area contributed by atoms with Crippen LogP contribution in [-0.4, -0.2) is 41.2 Å². The zero-order valence-electron chi connectivity index (χ0n) is 14.2. The lowest BCUT2D eigenvalue weighted by Gasteiger charge is -2.38. The van der Waals surface area contributed by atoms with Crippen LogP contribution in [-0.2, 0) is 4.74 Å². The summed E-state index contributed by atoms with van der Waals surface area (Å²) in [5, 5.41) is 7.09. The van der Waals surface area contributed by atoms with Gasteiger partial charge in [-0.05, 0) is 26.7 Å². The van der Waals surface area contributed by atoms with Gasteiger partial charge >= 0.3 is 0 Å². The summed E-state index contributed by atoms with van der Waals surface area (Å²) in [4.78, 5) is 21.3. The molecule has 4 rings (SSSR count). The average Bonchev–Trinajstić information content (AvgIpc) is 3.12. The quantitative estimate of drug-likeness (QED) is 0.874. The molecule has 7 nitrogen and oxygen atoms in total. The van der Waals surface area contributed by atoms with Crippen molar-refractivity contribution in [2.75, 3.05) is 25.1 Å². The lowest BCUT2D eigenvalue weighted by Crippen LogP contribution is -2.48. The first kappa shape index (κ1) is 15.4. The minimum absolute atomic E-state index is 0.0160. The number of aryl methyl sites for hydroxylation is 1. The predicted molar refractivity (Wildman–Crippen MR) is 89.1 cm³/mol. The molecule has 0 radical (unpaired) electrons. The molecular weight excluding hydrogens is 308 g/mol. The molecule has 0 spiro atoms. The van der Waals surface area contributed by atoms with Crippen LogP contribution >= 0.6 is 0 Å². The smallest absolute Gasteiger partial charge is 0.255 e. The number of anilines is 1. The number of amides is 1. The summed E-state index contributed by atoms with van der Waals surface area (Å²) in [7, 11) is 0. The molecule has 2 aliphatic rings. The fourth-order valence-corrected chi connectivity index (χ4v) is 2.95. The lowest BCUT2D eigenvalue weighted by atomic mass is 9.88. The van der Waals surface area contributed by atoms with E-state index in [-0.39, 0.29) is 16.9 Å². The van der Waals surface area contributed by atoms with E-state index in [1.54, 1.807) is 6.92 Å². The van der Waals surface area contributed by atoms with Crippen LogP contribution < -0.4 is 10.6 Å². The van der Waals surface area contributed by atoms with Crippen molar-refractivity contribution in [3.8, 4) is 0 Å². The monoisotopic (exact) mass is 330 g/mol. The highest BCUT2D eigenvalue weighted by atomic mass is 16.5. The molecule has 7 heteroatoms. The van der Waals surface area contributed by atoms with E-state index in [0.29, 0.717) is 48.0 Å². The zero-order valence-corrected chi connectivity index (χ0v) is 14.2. The predicted octanol–water partition coefficient (Wildman–Crippen LogP) is 2.26. The molecule has 2 aromatic heterocycles. The summed E-state index contributed by atoms with van der Waals surface area (Å²) in [5.41, 5.74) is 1.03. The summed E-state index contributed by atoms with van der Waals surface area (Å²) in [6.45, 7) is 7.95. The van der Waals surface area contributed by atoms with Crippen LogP contribution in [0.1, 0.15) is 42.8 Å². The van der Waals surface area contributed by atoms with Crippen molar-refractivity contribution in [3.05, 3.63) is 17.7 Å². The van der Waals surface area contributed by atoms with Gasteiger partial charge in [0.15, 0.2) is 0 Å². The number of carbonyl (C=O) groups excluding carboxylic acids is 1. The molecule has 2 N–H and O–H groups in total. The molecule has 1 aliphatic carbocycles. The van der Waals surface area contributed by atoms with Crippen molar-refractivity contribution in [2.45, 2.75) is 39.2 Å². The molecule has 1 saturated heterocycles. The van der Waals surface area contributed by atoms with Gasteiger partial charge in [-0.15, -0.1) is 0 Å². The van der Waals surface area contributed by atoms with Gasteiger partial charge in [-0.2, -0.15) is 0 Å². The maximum atomic E-state index is 12.8. The first-order valence-corrected chi connectivity index (χ1v) is 8.27. The highest BCUT2D eigenvalue weighted by molar-refractivity contribution is 6.10. The van der Waals surface area contributed by atoms with E-state index < -0.39 is 0 Å². The first-order chi connectivity index (χ1) is 11.4. The maximum absolute atomic E-state index is 12.8. The Morgan fingerprint density at radius 3 is 2.67 bits per heavy atom. The van der Waals surface area contributed by atoms with Crippen LogP contribution in [0.5, 0.6) is 0 Å². The summed E-state index contributed by atoms with van der Waals surface area (Å²) in [6.07, 6.45) is 3.65. The normalized spacial score (nSPS) is 20.5. The molecule has 0 aromatic carbocycles. The number of aromatic nitrogens is 2. The van der Waals surface area contributed by atoms with Crippen molar-refractivity contribution in [3.63, 3.8) is 0 Å². The third-order valence-electron chi connectivity index (χ3n) is 4.89. The van der Waals surface area contributed by atoms with Crippen LogP contribution in [0.2, 0.25) is 0 Å². The maximum Gasteiger partial charge on any atom is 0.255 e. The molecule has 1 amide bonds. The Morgan fingerprint density at radius 1 is 1.29 bits per heavy atom. The van der Waals surface area contributed by atoms with Crippen molar-refractivity contribution in [1.29, 1.82) is 0 Å². The molecule has 2 fully saturated rings. The second-order valence-corrected chi connectivity index (χ2v) is 7.61. The number of fused-ring (bicyclic) bond motifs is 1. The number of ether oxygens (including phenoxy) is 1. The number of nitrogens with zero attached hydrogens (tertiary/aromatic N) is 2. The van der Waals surface area contributed by atoms with Crippen LogP contribution in [0.4, 0.5) is 5.82 Å². The number of rotatable bonds is 5. The average molecular weight is 330 g/mol. The second kappa shape index (κ2) is 5.17. The Morgan fingerprint density at radius 2 is 2.04 bits per heavy atom. The number of furan rings is 1. The Kier molecular flexibility index (Phi) is 3.32. The van der Waals surface area contributed by atoms with Gasteiger partial charge in [0, 0.05) is 17.5 Å². The standard InChI is InChI=1S/C17H22N4O3/c1-10-11(14(22)18-6-16(2)7-23-8-16)12-13(21-17(3)4-5-17)19-9-20-15(12)24-10/h9H,4-8H2,1-3H3,(H,18,22)(H,19,20,21). The van der Waals surface area contributed by atoms with E-state index in [9.17, 15) is 4.79 Å². The van der Waals surface area contributed by atoms with Gasteiger partial charge in [0.1, 0.15) is 17.9 Å². The summed E-state index contributed by atoms with van der Waals surface area (Å²) in [5.74, 6) is 1.07. The van der Waals surface area contributed by atoms with E-state index in [0.717, 1.165) is 12.8 Å². The third-order valence-corrected chi connectivity index (χ3v) is 4.89. The van der Waals surface area contributed by atoms with Gasteiger partial charge in [-0.1, -0.05) is 6.92 Å². The van der Waals surface area contributed by atoms with E-state index in [1.807, 2.05) is 0 Å². The van der Waals surface area contributed by atoms with Crippen LogP contribution in [0.15, 0.2) is 10.7 Å². The molecule has 1 saturated carbocycles. The Balaban J connectivity index is 1.65. The van der Waals surface area contributed by atoms with Crippen molar-refractivity contribution < 1.29 is 13.9 Å². The Bertz CT molecular complexity index is 806. The number of hydrogen-bond donors (Lipinski definition) is 2. The molecule has 0 atom stereocenters. The molecule has 1 aliphatic heterocycles. The van der Waals surface area contributed by atoms with Crippen LogP contribution in [0, 0.1) is 12.3 Å². The molecule has 2 aromatic rings. The largest absolute Gasteiger partial charge is 0.442 e. The van der Waals surface area contributed by atoms with Gasteiger partial charge in [-0.25, -0.2) is 9.97 Å². The zero-order chi connectivity index (χ0) is 16.9. The van der Waals surface area contributed by atoms with Crippen molar-refractivity contribution >= 4 is 22.8 Å². The van der Waals surface area contributed by atoms with Gasteiger partial charge < -0.3 is 19.8 Å². The SMILES string of the molecule is Cc1oc2ncnc(NC3(C)CC3)c2c1C(=O)NCC1(C)COC1. The number of hydrogen-bond acceptors (Lipinski definition) is 6. The summed E-state index contributed by atoms with van der Waals surface area (Å²) in [6, 6.07) is 0.